The first-order valence-corrected chi connectivity index (χ1v) is 6.62. The quantitative estimate of drug-likeness (QED) is 0.534. The Bertz CT molecular complexity index is 344. The predicted molar refractivity (Wildman–Crippen MR) is 68.0 cm³/mol. The molecule has 2 heterocycles. The Hall–Kier alpha value is -1.26. The number of ether oxygens (including phenoxy) is 1. The van der Waals surface area contributed by atoms with Crippen molar-refractivity contribution in [2.24, 2.45) is 5.16 Å². The van der Waals surface area contributed by atoms with Crippen LogP contribution < -0.4 is 0 Å². The van der Waals surface area contributed by atoms with Crippen LogP contribution in [0.5, 0.6) is 0 Å². The van der Waals surface area contributed by atoms with Crippen LogP contribution in [0.25, 0.3) is 0 Å². The number of carbonyl (C=O) groups excluding carboxylic acids is 1. The number of nitrogens with zero attached hydrogens (tertiary/aromatic N) is 2. The van der Waals surface area contributed by atoms with Crippen LogP contribution in [0.2, 0.25) is 0 Å². The maximum atomic E-state index is 12.2. The second-order valence-corrected chi connectivity index (χ2v) is 6.20. The van der Waals surface area contributed by atoms with Crippen LogP contribution in [0.1, 0.15) is 52.9 Å². The average Bonchev–Trinajstić information content (AvgIpc) is 2.24. The van der Waals surface area contributed by atoms with Gasteiger partial charge in [-0.05, 0) is 40.0 Å². The van der Waals surface area contributed by atoms with E-state index in [4.69, 9.17) is 9.94 Å². The Morgan fingerprint density at radius 1 is 1.33 bits per heavy atom. The first-order valence-electron chi connectivity index (χ1n) is 6.62. The molecule has 1 amide bonds. The number of carbonyl (C=O) groups is 1. The Labute approximate surface area is 108 Å². The molecule has 0 radical (unpaired) electrons. The molecule has 102 valence electrons. The number of fused-ring (bicyclic) bond motifs is 2. The molecule has 0 aromatic heterocycles. The van der Waals surface area contributed by atoms with E-state index >= 15 is 0 Å². The van der Waals surface area contributed by atoms with Crippen molar-refractivity contribution in [3.05, 3.63) is 0 Å². The summed E-state index contributed by atoms with van der Waals surface area (Å²) in [7, 11) is 0. The van der Waals surface area contributed by atoms with Gasteiger partial charge in [0, 0.05) is 24.9 Å². The number of amides is 1. The third-order valence-electron chi connectivity index (χ3n) is 3.55. The number of piperidine rings is 2. The zero-order valence-electron chi connectivity index (χ0n) is 11.3. The Morgan fingerprint density at radius 3 is 2.33 bits per heavy atom. The van der Waals surface area contributed by atoms with E-state index in [2.05, 4.69) is 5.16 Å². The lowest BCUT2D eigenvalue weighted by Crippen LogP contribution is -2.56. The summed E-state index contributed by atoms with van der Waals surface area (Å²) < 4.78 is 5.47. The topological polar surface area (TPSA) is 62.1 Å². The van der Waals surface area contributed by atoms with Gasteiger partial charge in [-0.15, -0.1) is 0 Å². The summed E-state index contributed by atoms with van der Waals surface area (Å²) in [5.41, 5.74) is 0.348. The zero-order chi connectivity index (χ0) is 13.3. The minimum atomic E-state index is -0.462. The summed E-state index contributed by atoms with van der Waals surface area (Å²) in [6.45, 7) is 5.64. The van der Waals surface area contributed by atoms with Gasteiger partial charge in [-0.3, -0.25) is 0 Å². The molecule has 2 fully saturated rings. The van der Waals surface area contributed by atoms with Crippen molar-refractivity contribution >= 4 is 11.8 Å². The molecule has 0 saturated carbocycles. The highest BCUT2D eigenvalue weighted by Crippen LogP contribution is 2.33. The molecule has 1 unspecified atom stereocenters. The lowest BCUT2D eigenvalue weighted by molar-refractivity contribution is -0.00731. The first-order chi connectivity index (χ1) is 8.40. The maximum Gasteiger partial charge on any atom is 0.410 e. The van der Waals surface area contributed by atoms with Crippen LogP contribution >= 0.6 is 0 Å². The van der Waals surface area contributed by atoms with E-state index in [1.165, 1.54) is 0 Å². The maximum absolute atomic E-state index is 12.2. The number of hydrogen-bond acceptors (Lipinski definition) is 4. The van der Waals surface area contributed by atoms with Gasteiger partial charge in [0.1, 0.15) is 5.60 Å². The number of oxime groups is 1. The van der Waals surface area contributed by atoms with Crippen LogP contribution in [-0.4, -0.2) is 39.6 Å². The summed E-state index contributed by atoms with van der Waals surface area (Å²) in [5, 5.41) is 12.2. The van der Waals surface area contributed by atoms with Crippen LogP contribution in [0.3, 0.4) is 0 Å². The lowest BCUT2D eigenvalue weighted by Gasteiger charge is -2.46. The molecule has 0 aromatic rings. The molecule has 0 aliphatic carbocycles. The molecule has 2 aliphatic heterocycles. The summed E-state index contributed by atoms with van der Waals surface area (Å²) in [6, 6.07) is 0.275. The Balaban J connectivity index is 2.11. The first kappa shape index (κ1) is 13.2. The molecule has 5 heteroatoms. The van der Waals surface area contributed by atoms with Gasteiger partial charge in [-0.1, -0.05) is 5.16 Å². The van der Waals surface area contributed by atoms with Gasteiger partial charge in [0.25, 0.3) is 0 Å². The molecular weight excluding hydrogens is 232 g/mol. The fourth-order valence-corrected chi connectivity index (χ4v) is 2.89. The van der Waals surface area contributed by atoms with E-state index in [-0.39, 0.29) is 18.2 Å². The fourth-order valence-electron chi connectivity index (χ4n) is 2.89. The molecule has 2 bridgehead atoms. The third kappa shape index (κ3) is 2.76. The highest BCUT2D eigenvalue weighted by molar-refractivity contribution is 5.87. The van der Waals surface area contributed by atoms with E-state index in [1.54, 1.807) is 0 Å². The van der Waals surface area contributed by atoms with Gasteiger partial charge in [0.2, 0.25) is 0 Å². The fraction of sp³-hybridized carbons (Fsp3) is 0.846. The number of hydrogen-bond donors (Lipinski definition) is 1. The molecule has 2 aliphatic rings. The SMILES string of the molecule is CC(C)(C)OC(=O)N1C2CCC[C@@H]1CC(=NO)C2. The summed E-state index contributed by atoms with van der Waals surface area (Å²) >= 11 is 0. The van der Waals surface area contributed by atoms with E-state index < -0.39 is 5.60 Å². The summed E-state index contributed by atoms with van der Waals surface area (Å²) in [4.78, 5) is 14.1. The normalized spacial score (nSPS) is 30.4. The van der Waals surface area contributed by atoms with Gasteiger partial charge >= 0.3 is 6.09 Å². The zero-order valence-corrected chi connectivity index (χ0v) is 11.3. The second kappa shape index (κ2) is 4.78. The van der Waals surface area contributed by atoms with Crippen molar-refractivity contribution in [3.8, 4) is 0 Å². The van der Waals surface area contributed by atoms with Crippen molar-refractivity contribution in [1.29, 1.82) is 0 Å². The molecule has 2 rings (SSSR count). The molecular formula is C13H22N2O3. The lowest BCUT2D eigenvalue weighted by atomic mass is 9.84. The molecule has 18 heavy (non-hydrogen) atoms. The van der Waals surface area contributed by atoms with Crippen molar-refractivity contribution < 1.29 is 14.7 Å². The average molecular weight is 254 g/mol. The van der Waals surface area contributed by atoms with Crippen LogP contribution in [-0.2, 0) is 4.74 Å². The summed E-state index contributed by atoms with van der Waals surface area (Å²) in [5.74, 6) is 0. The Morgan fingerprint density at radius 2 is 1.89 bits per heavy atom. The highest BCUT2D eigenvalue weighted by Gasteiger charge is 2.41. The molecule has 5 nitrogen and oxygen atoms in total. The standard InChI is InChI=1S/C13H22N2O3/c1-13(2,3)18-12(16)15-10-5-4-6-11(15)8-9(7-10)14-17/h10-11,17H,4-8H2,1-3H3/t10-,11?/m1/s1. The monoisotopic (exact) mass is 254 g/mol. The molecule has 2 saturated heterocycles. The van der Waals surface area contributed by atoms with Crippen molar-refractivity contribution in [3.63, 3.8) is 0 Å². The predicted octanol–water partition coefficient (Wildman–Crippen LogP) is 2.77. The second-order valence-electron chi connectivity index (χ2n) is 6.20. The minimum absolute atomic E-state index is 0.137. The number of rotatable bonds is 0. The van der Waals surface area contributed by atoms with Gasteiger partial charge in [0.05, 0.1) is 5.71 Å². The Kier molecular flexibility index (Phi) is 3.50. The largest absolute Gasteiger partial charge is 0.444 e. The van der Waals surface area contributed by atoms with E-state index in [0.717, 1.165) is 25.0 Å². The highest BCUT2D eigenvalue weighted by atomic mass is 16.6. The van der Waals surface area contributed by atoms with Gasteiger partial charge in [0.15, 0.2) is 0 Å². The molecule has 1 N–H and O–H groups in total. The van der Waals surface area contributed by atoms with Crippen molar-refractivity contribution in [1.82, 2.24) is 4.90 Å². The van der Waals surface area contributed by atoms with E-state index in [0.29, 0.717) is 12.8 Å². The van der Waals surface area contributed by atoms with E-state index in [9.17, 15) is 4.79 Å². The van der Waals surface area contributed by atoms with Gasteiger partial charge < -0.3 is 14.8 Å². The van der Waals surface area contributed by atoms with Crippen LogP contribution in [0.4, 0.5) is 4.79 Å². The summed E-state index contributed by atoms with van der Waals surface area (Å²) in [6.07, 6.45) is 4.18. The van der Waals surface area contributed by atoms with Gasteiger partial charge in [-0.2, -0.15) is 0 Å². The molecule has 2 atom stereocenters. The molecule has 0 spiro atoms. The minimum Gasteiger partial charge on any atom is -0.444 e. The molecule has 0 aromatic carbocycles. The van der Waals surface area contributed by atoms with Crippen LogP contribution in [0.15, 0.2) is 5.16 Å². The third-order valence-corrected chi connectivity index (χ3v) is 3.55. The van der Waals surface area contributed by atoms with Crippen molar-refractivity contribution in [2.45, 2.75) is 70.6 Å². The smallest absolute Gasteiger partial charge is 0.410 e. The van der Waals surface area contributed by atoms with E-state index in [1.807, 2.05) is 25.7 Å². The van der Waals surface area contributed by atoms with Gasteiger partial charge in [-0.25, -0.2) is 4.79 Å². The van der Waals surface area contributed by atoms with Crippen LogP contribution in [0, 0.1) is 0 Å². The van der Waals surface area contributed by atoms with Crippen molar-refractivity contribution in [2.75, 3.05) is 0 Å².